The highest BCUT2D eigenvalue weighted by atomic mass is 19.3. The minimum Gasteiger partial charge on any atom is -0.372 e. The topological polar surface area (TPSA) is 89.6 Å². The maximum atomic E-state index is 13.9. The van der Waals surface area contributed by atoms with Gasteiger partial charge in [-0.25, -0.2) is 18.3 Å². The predicted octanol–water partition coefficient (Wildman–Crippen LogP) is 5.12. The second-order valence-corrected chi connectivity index (χ2v) is 11.1. The van der Waals surface area contributed by atoms with Gasteiger partial charge in [0.25, 0.3) is 12.3 Å². The number of rotatable bonds is 6. The van der Waals surface area contributed by atoms with Gasteiger partial charge in [-0.3, -0.25) is 9.48 Å². The molecule has 0 radical (unpaired) electrons. The molecule has 11 heteroatoms. The molecule has 0 bridgehead atoms. The molecule has 1 saturated heterocycles. The highest BCUT2D eigenvalue weighted by Gasteiger charge is 2.30. The first-order chi connectivity index (χ1) is 17.6. The Bertz CT molecular complexity index is 1260. The van der Waals surface area contributed by atoms with E-state index in [1.54, 1.807) is 17.1 Å². The number of anilines is 2. The molecule has 1 aliphatic heterocycles. The Morgan fingerprint density at radius 1 is 1.22 bits per heavy atom. The fourth-order valence-corrected chi connectivity index (χ4v) is 5.48. The molecule has 1 saturated carbocycles. The van der Waals surface area contributed by atoms with Gasteiger partial charge in [-0.2, -0.15) is 10.2 Å². The van der Waals surface area contributed by atoms with E-state index in [1.165, 1.54) is 10.7 Å². The lowest BCUT2D eigenvalue weighted by Gasteiger charge is -2.38. The Morgan fingerprint density at radius 3 is 2.65 bits per heavy atom. The summed E-state index contributed by atoms with van der Waals surface area (Å²) in [7, 11) is 0. The van der Waals surface area contributed by atoms with Gasteiger partial charge in [-0.1, -0.05) is 13.8 Å². The quantitative estimate of drug-likeness (QED) is 0.490. The van der Waals surface area contributed by atoms with Crippen LogP contribution in [0, 0.1) is 11.8 Å². The van der Waals surface area contributed by atoms with Gasteiger partial charge >= 0.3 is 0 Å². The standard InChI is InChI=1S/C26H35F2N7O2/c1-16(2)17-5-7-18(8-6-17)35-14-20(22(32-35)23(27)28)30-25(36)19-13-29-34-10-9-21(31-24(19)34)33-11-12-37-26(3,4)15-33/h9-10,13-14,16-18,23H,5-8,11-12,15H2,1-4H3,(H,30,36)/t17-,18-. The number of nitrogens with zero attached hydrogens (tertiary/aromatic N) is 6. The highest BCUT2D eigenvalue weighted by molar-refractivity contribution is 6.08. The third kappa shape index (κ3) is 5.32. The second kappa shape index (κ2) is 10.00. The van der Waals surface area contributed by atoms with E-state index in [0.29, 0.717) is 43.0 Å². The van der Waals surface area contributed by atoms with Crippen LogP contribution in [0.25, 0.3) is 5.65 Å². The molecule has 4 heterocycles. The van der Waals surface area contributed by atoms with E-state index in [4.69, 9.17) is 4.74 Å². The van der Waals surface area contributed by atoms with Crippen LogP contribution in [0.2, 0.25) is 0 Å². The van der Waals surface area contributed by atoms with Crippen LogP contribution in [0.15, 0.2) is 24.7 Å². The van der Waals surface area contributed by atoms with Gasteiger partial charge in [0.05, 0.1) is 30.1 Å². The molecule has 37 heavy (non-hydrogen) atoms. The monoisotopic (exact) mass is 515 g/mol. The lowest BCUT2D eigenvalue weighted by atomic mass is 9.80. The van der Waals surface area contributed by atoms with E-state index >= 15 is 0 Å². The molecule has 5 rings (SSSR count). The number of morpholine rings is 1. The molecular formula is C26H35F2N7O2. The van der Waals surface area contributed by atoms with Gasteiger partial charge in [-0.05, 0) is 57.4 Å². The molecule has 1 aliphatic carbocycles. The number of carbonyl (C=O) groups is 1. The third-order valence-electron chi connectivity index (χ3n) is 7.62. The van der Waals surface area contributed by atoms with E-state index in [9.17, 15) is 13.6 Å². The summed E-state index contributed by atoms with van der Waals surface area (Å²) in [5.41, 5.74) is -0.139. The number of hydrogen-bond donors (Lipinski definition) is 1. The van der Waals surface area contributed by atoms with E-state index in [-0.39, 0.29) is 22.9 Å². The molecule has 0 atom stereocenters. The Labute approximate surface area is 215 Å². The van der Waals surface area contributed by atoms with Crippen molar-refractivity contribution < 1.29 is 18.3 Å². The summed E-state index contributed by atoms with van der Waals surface area (Å²) >= 11 is 0. The number of aromatic nitrogens is 5. The van der Waals surface area contributed by atoms with Crippen molar-refractivity contribution in [3.8, 4) is 0 Å². The van der Waals surface area contributed by atoms with Crippen molar-refractivity contribution in [1.29, 1.82) is 0 Å². The van der Waals surface area contributed by atoms with Gasteiger partial charge in [0, 0.05) is 25.5 Å². The van der Waals surface area contributed by atoms with Gasteiger partial charge in [0.2, 0.25) is 0 Å². The number of carbonyl (C=O) groups excluding carboxylic acids is 1. The number of nitrogens with one attached hydrogen (secondary N) is 1. The molecule has 2 aliphatic rings. The van der Waals surface area contributed by atoms with E-state index in [1.807, 2.05) is 19.9 Å². The Kier molecular flexibility index (Phi) is 6.91. The van der Waals surface area contributed by atoms with E-state index in [0.717, 1.165) is 25.7 Å². The summed E-state index contributed by atoms with van der Waals surface area (Å²) in [5, 5.41) is 11.1. The van der Waals surface area contributed by atoms with E-state index in [2.05, 4.69) is 39.2 Å². The number of hydrogen-bond acceptors (Lipinski definition) is 6. The Balaban J connectivity index is 1.37. The lowest BCUT2D eigenvalue weighted by molar-refractivity contribution is -0.0279. The molecule has 1 amide bonds. The van der Waals surface area contributed by atoms with Crippen molar-refractivity contribution >= 4 is 23.1 Å². The number of fused-ring (bicyclic) bond motifs is 1. The third-order valence-corrected chi connectivity index (χ3v) is 7.62. The Hall–Kier alpha value is -3.08. The summed E-state index contributed by atoms with van der Waals surface area (Å²) < 4.78 is 36.7. The summed E-state index contributed by atoms with van der Waals surface area (Å²) in [6.45, 7) is 10.4. The van der Waals surface area contributed by atoms with Crippen LogP contribution >= 0.6 is 0 Å². The first-order valence-corrected chi connectivity index (χ1v) is 13.0. The normalized spacial score (nSPS) is 22.2. The largest absolute Gasteiger partial charge is 0.372 e. The molecular weight excluding hydrogens is 480 g/mol. The van der Waals surface area contributed by atoms with Crippen molar-refractivity contribution in [2.24, 2.45) is 11.8 Å². The number of halogens is 2. The second-order valence-electron chi connectivity index (χ2n) is 11.1. The van der Waals surface area contributed by atoms with Gasteiger partial charge in [0.1, 0.15) is 11.4 Å². The van der Waals surface area contributed by atoms with Crippen LogP contribution in [0.4, 0.5) is 20.3 Å². The molecule has 3 aromatic rings. The van der Waals surface area contributed by atoms with Gasteiger partial charge in [-0.15, -0.1) is 0 Å². The predicted molar refractivity (Wildman–Crippen MR) is 136 cm³/mol. The van der Waals surface area contributed by atoms with Crippen molar-refractivity contribution in [1.82, 2.24) is 24.4 Å². The molecule has 1 N–H and O–H groups in total. The molecule has 0 spiro atoms. The maximum Gasteiger partial charge on any atom is 0.284 e. The Morgan fingerprint density at radius 2 is 1.97 bits per heavy atom. The molecule has 0 unspecified atom stereocenters. The van der Waals surface area contributed by atoms with Gasteiger partial charge in [0.15, 0.2) is 11.3 Å². The first-order valence-electron chi connectivity index (χ1n) is 13.0. The number of ether oxygens (including phenoxy) is 1. The smallest absolute Gasteiger partial charge is 0.284 e. The van der Waals surface area contributed by atoms with Gasteiger partial charge < -0.3 is 15.0 Å². The molecule has 0 aromatic carbocycles. The number of amides is 1. The minimum atomic E-state index is -2.80. The zero-order valence-electron chi connectivity index (χ0n) is 21.8. The van der Waals surface area contributed by atoms with Crippen LogP contribution in [0.3, 0.4) is 0 Å². The molecule has 9 nitrogen and oxygen atoms in total. The average Bonchev–Trinajstić information content (AvgIpc) is 3.47. The summed E-state index contributed by atoms with van der Waals surface area (Å²) in [6.07, 6.45) is 5.76. The summed E-state index contributed by atoms with van der Waals surface area (Å²) in [4.78, 5) is 20.0. The summed E-state index contributed by atoms with van der Waals surface area (Å²) in [5.74, 6) is 1.42. The van der Waals surface area contributed by atoms with Crippen molar-refractivity contribution in [2.75, 3.05) is 29.9 Å². The number of alkyl halides is 2. The minimum absolute atomic E-state index is 0.0245. The van der Waals surface area contributed by atoms with Crippen LogP contribution in [0.1, 0.15) is 81.9 Å². The fourth-order valence-electron chi connectivity index (χ4n) is 5.48. The maximum absolute atomic E-state index is 13.9. The van der Waals surface area contributed by atoms with Crippen LogP contribution in [-0.4, -0.2) is 55.6 Å². The van der Waals surface area contributed by atoms with Crippen molar-refractivity contribution in [3.05, 3.63) is 35.9 Å². The van der Waals surface area contributed by atoms with Crippen molar-refractivity contribution in [3.63, 3.8) is 0 Å². The fraction of sp³-hybridized carbons (Fsp3) is 0.615. The lowest BCUT2D eigenvalue weighted by Crippen LogP contribution is -2.48. The van der Waals surface area contributed by atoms with Crippen LogP contribution < -0.4 is 10.2 Å². The zero-order chi connectivity index (χ0) is 26.3. The first kappa shape index (κ1) is 25.6. The molecule has 3 aromatic heterocycles. The SMILES string of the molecule is CC(C)[C@H]1CC[C@H](n2cc(NC(=O)c3cnn4ccc(N5CCOC(C)(C)C5)nc34)c(C(F)F)n2)CC1. The zero-order valence-corrected chi connectivity index (χ0v) is 21.8. The van der Waals surface area contributed by atoms with Crippen molar-refractivity contribution in [2.45, 2.75) is 71.4 Å². The van der Waals surface area contributed by atoms with E-state index < -0.39 is 18.0 Å². The average molecular weight is 516 g/mol. The molecule has 2 fully saturated rings. The van der Waals surface area contributed by atoms with Crippen LogP contribution in [0.5, 0.6) is 0 Å². The van der Waals surface area contributed by atoms with Crippen LogP contribution in [-0.2, 0) is 4.74 Å². The molecule has 200 valence electrons. The summed E-state index contributed by atoms with van der Waals surface area (Å²) in [6, 6.07) is 1.90. The highest BCUT2D eigenvalue weighted by Crippen LogP contribution is 2.37.